The molecular weight excluding hydrogens is 468 g/mol. The molecule has 0 aromatic heterocycles. The summed E-state index contributed by atoms with van der Waals surface area (Å²) in [5, 5.41) is 3.08. The van der Waals surface area contributed by atoms with Gasteiger partial charge in [-0.25, -0.2) is 14.9 Å². The molecule has 0 unspecified atom stereocenters. The Kier molecular flexibility index (Phi) is 6.74. The van der Waals surface area contributed by atoms with Gasteiger partial charge in [0.15, 0.2) is 11.2 Å². The van der Waals surface area contributed by atoms with Crippen molar-refractivity contribution < 1.29 is 9.59 Å². The lowest BCUT2D eigenvalue weighted by Gasteiger charge is -2.27. The summed E-state index contributed by atoms with van der Waals surface area (Å²) in [6.45, 7) is 6.24. The van der Waals surface area contributed by atoms with Gasteiger partial charge in [-0.3, -0.25) is 9.59 Å². The average Bonchev–Trinajstić information content (AvgIpc) is 3.25. The molecular formula is C29H28N4O2S. The van der Waals surface area contributed by atoms with Crippen molar-refractivity contribution in [1.82, 2.24) is 4.90 Å². The lowest BCUT2D eigenvalue weighted by molar-refractivity contribution is -0.124. The van der Waals surface area contributed by atoms with Gasteiger partial charge in [0.25, 0.3) is 5.91 Å². The minimum Gasteiger partial charge on any atom is -0.325 e. The molecule has 2 amide bonds. The summed E-state index contributed by atoms with van der Waals surface area (Å²) >= 11 is 1.30. The molecule has 2 aliphatic heterocycles. The van der Waals surface area contributed by atoms with E-state index < -0.39 is 11.3 Å². The first-order valence-electron chi connectivity index (χ1n) is 12.2. The summed E-state index contributed by atoms with van der Waals surface area (Å²) < 4.78 is 0. The number of hydrogen-bond donors (Lipinski definition) is 1. The molecule has 5 rings (SSSR count). The number of rotatable bonds is 6. The van der Waals surface area contributed by atoms with E-state index >= 15 is 0 Å². The van der Waals surface area contributed by atoms with E-state index in [4.69, 9.17) is 9.98 Å². The summed E-state index contributed by atoms with van der Waals surface area (Å²) in [7, 11) is 0. The van der Waals surface area contributed by atoms with Crippen LogP contribution < -0.4 is 5.32 Å². The van der Waals surface area contributed by atoms with E-state index in [1.165, 1.54) is 17.3 Å². The monoisotopic (exact) mass is 496 g/mol. The number of carbonyl (C=O) groups excluding carboxylic acids is 2. The molecule has 1 N–H and O–H groups in total. The van der Waals surface area contributed by atoms with Crippen molar-refractivity contribution >= 4 is 46.0 Å². The van der Waals surface area contributed by atoms with E-state index in [9.17, 15) is 9.59 Å². The van der Waals surface area contributed by atoms with E-state index in [0.717, 1.165) is 22.5 Å². The van der Waals surface area contributed by atoms with Gasteiger partial charge in [0.05, 0.1) is 10.9 Å². The molecule has 182 valence electrons. The van der Waals surface area contributed by atoms with Gasteiger partial charge < -0.3 is 5.32 Å². The third kappa shape index (κ3) is 4.58. The molecule has 0 saturated heterocycles. The highest BCUT2D eigenvalue weighted by atomic mass is 32.2. The number of aliphatic imine (C=N–C) groups is 2. The Morgan fingerprint density at radius 1 is 1.00 bits per heavy atom. The van der Waals surface area contributed by atoms with Gasteiger partial charge in [-0.1, -0.05) is 87.1 Å². The Morgan fingerprint density at radius 2 is 1.69 bits per heavy atom. The number of para-hydroxylation sites is 1. The van der Waals surface area contributed by atoms with E-state index in [-0.39, 0.29) is 11.8 Å². The van der Waals surface area contributed by atoms with Crippen molar-refractivity contribution in [3.8, 4) is 0 Å². The number of fused-ring (bicyclic) bond motifs is 3. The normalized spacial score (nSPS) is 17.3. The van der Waals surface area contributed by atoms with Crippen LogP contribution in [-0.4, -0.2) is 33.0 Å². The summed E-state index contributed by atoms with van der Waals surface area (Å²) in [5.74, 6) is 0.735. The number of thioether (sulfide) groups is 1. The highest BCUT2D eigenvalue weighted by Crippen LogP contribution is 2.38. The molecule has 0 bridgehead atoms. The van der Waals surface area contributed by atoms with E-state index in [0.29, 0.717) is 23.3 Å². The van der Waals surface area contributed by atoms with Crippen molar-refractivity contribution in [2.75, 3.05) is 5.32 Å². The maximum Gasteiger partial charge on any atom is 0.263 e. The first-order chi connectivity index (χ1) is 17.5. The second-order valence-corrected chi connectivity index (χ2v) is 10.3. The van der Waals surface area contributed by atoms with E-state index in [2.05, 4.69) is 19.2 Å². The molecule has 0 radical (unpaired) electrons. The fraction of sp³-hybridized carbons (Fsp3) is 0.241. The first kappa shape index (κ1) is 24.0. The van der Waals surface area contributed by atoms with Crippen LogP contribution in [0.5, 0.6) is 0 Å². The Bertz CT molecular complexity index is 1350. The first-order valence-corrected chi connectivity index (χ1v) is 13.1. The Balaban J connectivity index is 1.42. The topological polar surface area (TPSA) is 74.1 Å². The molecule has 3 aromatic carbocycles. The van der Waals surface area contributed by atoms with Gasteiger partial charge in [-0.2, -0.15) is 0 Å². The van der Waals surface area contributed by atoms with Crippen LogP contribution in [0.3, 0.4) is 0 Å². The molecule has 0 fully saturated rings. The molecule has 0 saturated carbocycles. The van der Waals surface area contributed by atoms with Crippen LogP contribution in [0.2, 0.25) is 0 Å². The second kappa shape index (κ2) is 10.1. The quantitative estimate of drug-likeness (QED) is 0.436. The van der Waals surface area contributed by atoms with Crippen LogP contribution in [0.1, 0.15) is 55.8 Å². The molecule has 36 heavy (non-hydrogen) atoms. The Hall–Kier alpha value is -3.71. The van der Waals surface area contributed by atoms with Gasteiger partial charge in [0.1, 0.15) is 5.84 Å². The molecule has 3 aromatic rings. The molecule has 2 heterocycles. The van der Waals surface area contributed by atoms with Crippen LogP contribution in [0.25, 0.3) is 0 Å². The molecule has 0 aliphatic carbocycles. The number of amides is 2. The van der Waals surface area contributed by atoms with E-state index in [1.807, 2.05) is 85.8 Å². The van der Waals surface area contributed by atoms with Crippen LogP contribution in [0, 0.1) is 0 Å². The maximum absolute atomic E-state index is 13.6. The number of carbonyl (C=O) groups is 2. The van der Waals surface area contributed by atoms with Crippen molar-refractivity contribution in [1.29, 1.82) is 0 Å². The zero-order valence-corrected chi connectivity index (χ0v) is 21.3. The minimum atomic E-state index is -0.633. The summed E-state index contributed by atoms with van der Waals surface area (Å²) in [5.41, 5.74) is 4.37. The highest BCUT2D eigenvalue weighted by Gasteiger charge is 2.43. The maximum atomic E-state index is 13.6. The number of amidine groups is 2. The zero-order chi connectivity index (χ0) is 25.2. The van der Waals surface area contributed by atoms with Crippen molar-refractivity contribution in [3.63, 3.8) is 0 Å². The van der Waals surface area contributed by atoms with Crippen molar-refractivity contribution in [2.45, 2.75) is 44.4 Å². The summed E-state index contributed by atoms with van der Waals surface area (Å²) in [6.07, 6.45) is 0.581. The van der Waals surface area contributed by atoms with Crippen molar-refractivity contribution in [2.24, 2.45) is 9.98 Å². The summed E-state index contributed by atoms with van der Waals surface area (Å²) in [4.78, 5) is 38.0. The molecule has 2 atom stereocenters. The average molecular weight is 497 g/mol. The van der Waals surface area contributed by atoms with Gasteiger partial charge in [0, 0.05) is 11.3 Å². The molecule has 2 aliphatic rings. The molecule has 6 nitrogen and oxygen atoms in total. The van der Waals surface area contributed by atoms with Crippen molar-refractivity contribution in [3.05, 3.63) is 95.6 Å². The van der Waals surface area contributed by atoms with Crippen LogP contribution in [0.15, 0.2) is 88.8 Å². The molecule has 0 spiro atoms. The Labute approximate surface area is 215 Å². The van der Waals surface area contributed by atoms with Crippen LogP contribution in [-0.2, 0) is 9.59 Å². The van der Waals surface area contributed by atoms with Gasteiger partial charge in [-0.15, -0.1) is 0 Å². The van der Waals surface area contributed by atoms with E-state index in [1.54, 1.807) is 4.90 Å². The van der Waals surface area contributed by atoms with Crippen LogP contribution in [0.4, 0.5) is 11.4 Å². The predicted octanol–water partition coefficient (Wildman–Crippen LogP) is 6.29. The Morgan fingerprint density at radius 3 is 2.39 bits per heavy atom. The fourth-order valence-corrected chi connectivity index (χ4v) is 5.33. The standard InChI is InChI=1S/C29H28N4O2S/c1-4-24(27(34)30-21-16-14-19(15-17-21)18(2)3)36-29-31-23-13-9-8-12-22(23)26-32-25(28(35)33(26)29)20-10-6-5-7-11-20/h5-18,24-25H,4H2,1-3H3,(H,30,34)/t24-,25+/m1/s1. The third-order valence-electron chi connectivity index (χ3n) is 6.34. The number of anilines is 1. The third-order valence-corrected chi connectivity index (χ3v) is 7.66. The number of nitrogens with zero attached hydrogens (tertiary/aromatic N) is 3. The highest BCUT2D eigenvalue weighted by molar-refractivity contribution is 8.15. The SMILES string of the molecule is CC[C@@H](SC1=Nc2ccccc2C2=N[C@@H](c3ccccc3)C(=O)N12)C(=O)Nc1ccc(C(C)C)cc1. The zero-order valence-electron chi connectivity index (χ0n) is 20.5. The summed E-state index contributed by atoms with van der Waals surface area (Å²) in [6, 6.07) is 24.5. The van der Waals surface area contributed by atoms with Crippen LogP contribution >= 0.6 is 11.8 Å². The van der Waals surface area contributed by atoms with Gasteiger partial charge in [-0.05, 0) is 47.7 Å². The lowest BCUT2D eigenvalue weighted by atomic mass is 10.0. The largest absolute Gasteiger partial charge is 0.325 e. The lowest BCUT2D eigenvalue weighted by Crippen LogP contribution is -2.41. The van der Waals surface area contributed by atoms with Gasteiger partial charge >= 0.3 is 0 Å². The fourth-order valence-electron chi connectivity index (χ4n) is 4.31. The second-order valence-electron chi connectivity index (χ2n) is 9.13. The molecule has 7 heteroatoms. The van der Waals surface area contributed by atoms with Gasteiger partial charge in [0.2, 0.25) is 5.91 Å². The number of benzene rings is 3. The number of nitrogens with one attached hydrogen (secondary N) is 1. The minimum absolute atomic E-state index is 0.119. The smallest absolute Gasteiger partial charge is 0.263 e. The number of hydrogen-bond acceptors (Lipinski definition) is 5. The predicted molar refractivity (Wildman–Crippen MR) is 147 cm³/mol.